The fourth-order valence-electron chi connectivity index (χ4n) is 2.78. The van der Waals surface area contributed by atoms with Crippen molar-refractivity contribution in [2.75, 3.05) is 6.54 Å². The number of carboxylic acids is 1. The summed E-state index contributed by atoms with van der Waals surface area (Å²) in [6.45, 7) is 9.77. The summed E-state index contributed by atoms with van der Waals surface area (Å²) in [5, 5.41) is 11.9. The van der Waals surface area contributed by atoms with Crippen LogP contribution in [0.3, 0.4) is 0 Å². The van der Waals surface area contributed by atoms with Crippen LogP contribution in [0.4, 0.5) is 0 Å². The topological polar surface area (TPSA) is 113 Å². The molecule has 0 aromatic rings. The van der Waals surface area contributed by atoms with E-state index < -0.39 is 35.4 Å². The van der Waals surface area contributed by atoms with Gasteiger partial charge in [-0.15, -0.1) is 0 Å². The smallest absolute Gasteiger partial charge is 0.326 e. The SMILES string of the molecule is CCC(C)C(NC(=O)C1CCCN1C(=O)C(N)C(C)(C)C)C(=O)O. The molecule has 0 aromatic carbocycles. The Kier molecular flexibility index (Phi) is 6.77. The third kappa shape index (κ3) is 4.69. The second kappa shape index (κ2) is 7.96. The van der Waals surface area contributed by atoms with Gasteiger partial charge >= 0.3 is 5.97 Å². The molecule has 24 heavy (non-hydrogen) atoms. The van der Waals surface area contributed by atoms with E-state index in [1.54, 1.807) is 6.92 Å². The lowest BCUT2D eigenvalue weighted by Gasteiger charge is -2.33. The average molecular weight is 341 g/mol. The third-order valence-electron chi connectivity index (χ3n) is 4.81. The Morgan fingerprint density at radius 1 is 1.33 bits per heavy atom. The van der Waals surface area contributed by atoms with E-state index in [4.69, 9.17) is 5.73 Å². The standard InChI is InChI=1S/C17H31N3O4/c1-6-10(2)12(16(23)24)19-14(21)11-8-7-9-20(11)15(22)13(18)17(3,4)5/h10-13H,6-9,18H2,1-5H3,(H,19,21)(H,23,24). The fourth-order valence-corrected chi connectivity index (χ4v) is 2.78. The van der Waals surface area contributed by atoms with Gasteiger partial charge in [0, 0.05) is 6.54 Å². The molecule has 0 saturated carbocycles. The maximum Gasteiger partial charge on any atom is 0.326 e. The highest BCUT2D eigenvalue weighted by Gasteiger charge is 2.40. The molecule has 1 aliphatic rings. The lowest BCUT2D eigenvalue weighted by atomic mass is 9.86. The largest absolute Gasteiger partial charge is 0.480 e. The molecular weight excluding hydrogens is 310 g/mol. The maximum absolute atomic E-state index is 12.6. The van der Waals surface area contributed by atoms with Gasteiger partial charge in [-0.1, -0.05) is 41.0 Å². The summed E-state index contributed by atoms with van der Waals surface area (Å²) < 4.78 is 0. The number of hydrogen-bond donors (Lipinski definition) is 3. The molecule has 4 N–H and O–H groups in total. The van der Waals surface area contributed by atoms with Crippen LogP contribution < -0.4 is 11.1 Å². The summed E-state index contributed by atoms with van der Waals surface area (Å²) in [5.41, 5.74) is 5.64. The van der Waals surface area contributed by atoms with E-state index >= 15 is 0 Å². The molecular formula is C17H31N3O4. The van der Waals surface area contributed by atoms with E-state index in [0.717, 1.165) is 0 Å². The predicted octanol–water partition coefficient (Wildman–Crippen LogP) is 0.966. The van der Waals surface area contributed by atoms with E-state index in [-0.39, 0.29) is 11.8 Å². The van der Waals surface area contributed by atoms with Crippen molar-refractivity contribution in [3.8, 4) is 0 Å². The minimum Gasteiger partial charge on any atom is -0.480 e. The van der Waals surface area contributed by atoms with Crippen LogP contribution in [0, 0.1) is 11.3 Å². The molecule has 1 rings (SSSR count). The first-order valence-electron chi connectivity index (χ1n) is 8.60. The van der Waals surface area contributed by atoms with Gasteiger partial charge in [-0.3, -0.25) is 9.59 Å². The number of nitrogens with two attached hydrogens (primary N) is 1. The Morgan fingerprint density at radius 2 is 1.92 bits per heavy atom. The molecule has 1 aliphatic heterocycles. The van der Waals surface area contributed by atoms with Gasteiger partial charge < -0.3 is 21.1 Å². The normalized spacial score (nSPS) is 21.9. The molecule has 0 spiro atoms. The zero-order chi connectivity index (χ0) is 18.7. The number of hydrogen-bond acceptors (Lipinski definition) is 4. The first kappa shape index (κ1) is 20.4. The first-order chi connectivity index (χ1) is 11.0. The van der Waals surface area contributed by atoms with Crippen LogP contribution in [0.2, 0.25) is 0 Å². The number of carbonyl (C=O) groups is 3. The second-order valence-corrected chi connectivity index (χ2v) is 7.74. The molecule has 0 aliphatic carbocycles. The number of nitrogens with zero attached hydrogens (tertiary/aromatic N) is 1. The molecule has 7 heteroatoms. The van der Waals surface area contributed by atoms with E-state index in [0.29, 0.717) is 25.8 Å². The van der Waals surface area contributed by atoms with Gasteiger partial charge in [0.25, 0.3) is 0 Å². The number of rotatable bonds is 6. The van der Waals surface area contributed by atoms with Gasteiger partial charge in [0.15, 0.2) is 0 Å². The van der Waals surface area contributed by atoms with Gasteiger partial charge in [0.05, 0.1) is 6.04 Å². The quantitative estimate of drug-likeness (QED) is 0.666. The minimum absolute atomic E-state index is 0.186. The van der Waals surface area contributed by atoms with Crippen molar-refractivity contribution in [1.82, 2.24) is 10.2 Å². The van der Waals surface area contributed by atoms with Crippen molar-refractivity contribution in [2.24, 2.45) is 17.1 Å². The molecule has 1 saturated heterocycles. The van der Waals surface area contributed by atoms with E-state index in [2.05, 4.69) is 5.32 Å². The predicted molar refractivity (Wildman–Crippen MR) is 91.2 cm³/mol. The van der Waals surface area contributed by atoms with Crippen molar-refractivity contribution in [3.63, 3.8) is 0 Å². The number of carboxylic acid groups (broad SMARTS) is 1. The average Bonchev–Trinajstić information content (AvgIpc) is 2.98. The Bertz CT molecular complexity index is 487. The summed E-state index contributed by atoms with van der Waals surface area (Å²) in [6.07, 6.45) is 1.88. The Labute approximate surface area is 144 Å². The van der Waals surface area contributed by atoms with E-state index in [1.165, 1.54) is 4.90 Å². The lowest BCUT2D eigenvalue weighted by molar-refractivity contribution is -0.145. The van der Waals surface area contributed by atoms with Crippen molar-refractivity contribution < 1.29 is 19.5 Å². The Hall–Kier alpha value is -1.63. The van der Waals surface area contributed by atoms with Gasteiger partial charge in [0.1, 0.15) is 12.1 Å². The lowest BCUT2D eigenvalue weighted by Crippen LogP contribution is -2.57. The van der Waals surface area contributed by atoms with Crippen molar-refractivity contribution in [2.45, 2.75) is 72.0 Å². The summed E-state index contributed by atoms with van der Waals surface area (Å²) in [6, 6.07) is -2.29. The van der Waals surface area contributed by atoms with Gasteiger partial charge in [-0.2, -0.15) is 0 Å². The maximum atomic E-state index is 12.6. The fraction of sp³-hybridized carbons (Fsp3) is 0.824. The molecule has 7 nitrogen and oxygen atoms in total. The number of aliphatic carboxylic acids is 1. The molecule has 0 aromatic heterocycles. The molecule has 4 unspecified atom stereocenters. The molecule has 138 valence electrons. The summed E-state index contributed by atoms with van der Waals surface area (Å²) in [4.78, 5) is 38.1. The zero-order valence-corrected chi connectivity index (χ0v) is 15.3. The minimum atomic E-state index is -1.06. The summed E-state index contributed by atoms with van der Waals surface area (Å²) >= 11 is 0. The van der Waals surface area contributed by atoms with Crippen LogP contribution in [0.15, 0.2) is 0 Å². The zero-order valence-electron chi connectivity index (χ0n) is 15.3. The van der Waals surface area contributed by atoms with Crippen LogP contribution >= 0.6 is 0 Å². The molecule has 1 fully saturated rings. The Morgan fingerprint density at radius 3 is 2.38 bits per heavy atom. The Balaban J connectivity index is 2.86. The molecule has 4 atom stereocenters. The van der Waals surface area contributed by atoms with Crippen LogP contribution in [-0.4, -0.2) is 52.5 Å². The summed E-state index contributed by atoms with van der Waals surface area (Å²) in [7, 11) is 0. The summed E-state index contributed by atoms with van der Waals surface area (Å²) in [5.74, 6) is -1.90. The highest BCUT2D eigenvalue weighted by Crippen LogP contribution is 2.24. The van der Waals surface area contributed by atoms with Gasteiger partial charge in [0.2, 0.25) is 11.8 Å². The molecule has 0 radical (unpaired) electrons. The monoisotopic (exact) mass is 341 g/mol. The van der Waals surface area contributed by atoms with E-state index in [1.807, 2.05) is 27.7 Å². The van der Waals surface area contributed by atoms with Crippen molar-refractivity contribution in [3.05, 3.63) is 0 Å². The van der Waals surface area contributed by atoms with Crippen LogP contribution in [-0.2, 0) is 14.4 Å². The van der Waals surface area contributed by atoms with Crippen LogP contribution in [0.5, 0.6) is 0 Å². The number of amides is 2. The van der Waals surface area contributed by atoms with Gasteiger partial charge in [-0.05, 0) is 24.2 Å². The molecule has 1 heterocycles. The van der Waals surface area contributed by atoms with Crippen LogP contribution in [0.25, 0.3) is 0 Å². The van der Waals surface area contributed by atoms with Crippen molar-refractivity contribution in [1.29, 1.82) is 0 Å². The number of nitrogens with one attached hydrogen (secondary N) is 1. The van der Waals surface area contributed by atoms with E-state index in [9.17, 15) is 19.5 Å². The first-order valence-corrected chi connectivity index (χ1v) is 8.60. The second-order valence-electron chi connectivity index (χ2n) is 7.74. The number of likely N-dealkylation sites (tertiary alicyclic amines) is 1. The third-order valence-corrected chi connectivity index (χ3v) is 4.81. The molecule has 0 bridgehead atoms. The number of carbonyl (C=O) groups excluding carboxylic acids is 2. The van der Waals surface area contributed by atoms with Crippen LogP contribution in [0.1, 0.15) is 53.9 Å². The highest BCUT2D eigenvalue weighted by molar-refractivity contribution is 5.92. The van der Waals surface area contributed by atoms with Crippen molar-refractivity contribution >= 4 is 17.8 Å². The molecule has 2 amide bonds. The van der Waals surface area contributed by atoms with Gasteiger partial charge in [-0.25, -0.2) is 4.79 Å². The highest BCUT2D eigenvalue weighted by atomic mass is 16.4.